The van der Waals surface area contributed by atoms with Gasteiger partial charge in [-0.2, -0.15) is 5.10 Å². The number of carbonyl (C=O) groups excluding carboxylic acids is 1. The number of morpholine rings is 1. The Hall–Kier alpha value is -2.58. The van der Waals surface area contributed by atoms with E-state index in [1.807, 2.05) is 39.0 Å². The molecule has 8 heteroatoms. The number of nitrogens with zero attached hydrogens (tertiary/aromatic N) is 2. The third-order valence-electron chi connectivity index (χ3n) is 4.12. The zero-order valence-electron chi connectivity index (χ0n) is 16.0. The highest BCUT2D eigenvalue weighted by atomic mass is 16.5. The van der Waals surface area contributed by atoms with Gasteiger partial charge in [-0.05, 0) is 38.5 Å². The molecular weight excluding hydrogens is 346 g/mol. The molecule has 0 unspecified atom stereocenters. The van der Waals surface area contributed by atoms with E-state index < -0.39 is 5.60 Å². The molecule has 0 aliphatic carbocycles. The van der Waals surface area contributed by atoms with Gasteiger partial charge in [0.25, 0.3) is 5.91 Å². The van der Waals surface area contributed by atoms with E-state index >= 15 is 0 Å². The second kappa shape index (κ2) is 7.98. The number of benzene rings is 1. The topological polar surface area (TPSA) is 105 Å². The Balaban J connectivity index is 1.67. The number of anilines is 2. The maximum Gasteiger partial charge on any atom is 0.277 e. The smallest absolute Gasteiger partial charge is 0.277 e. The van der Waals surface area contributed by atoms with Crippen molar-refractivity contribution in [2.45, 2.75) is 32.9 Å². The van der Waals surface area contributed by atoms with Gasteiger partial charge >= 0.3 is 0 Å². The molecule has 27 heavy (non-hydrogen) atoms. The predicted molar refractivity (Wildman–Crippen MR) is 104 cm³/mol. The standard InChI is InChI=1S/C19H27N5O3/c1-19(2,3)27-16-11-21-23-17(16)18(25)22-15-5-4-13(10-14(15)20)12-24-6-8-26-9-7-24/h4-5,10-11H,6-9,12,20H2,1-3H3,(H,21,23)(H,22,25). The number of nitrogen functional groups attached to an aromatic ring is 1. The first kappa shape index (κ1) is 19.2. The summed E-state index contributed by atoms with van der Waals surface area (Å²) >= 11 is 0. The molecule has 8 nitrogen and oxygen atoms in total. The van der Waals surface area contributed by atoms with Gasteiger partial charge in [-0.25, -0.2) is 0 Å². The molecule has 1 fully saturated rings. The van der Waals surface area contributed by atoms with E-state index in [2.05, 4.69) is 20.4 Å². The number of H-pyrrole nitrogens is 1. The minimum absolute atomic E-state index is 0.265. The number of carbonyl (C=O) groups is 1. The van der Waals surface area contributed by atoms with Gasteiger partial charge in [0, 0.05) is 19.6 Å². The normalized spacial score (nSPS) is 15.5. The molecule has 0 spiro atoms. The van der Waals surface area contributed by atoms with Crippen molar-refractivity contribution in [2.75, 3.05) is 37.4 Å². The van der Waals surface area contributed by atoms with Crippen molar-refractivity contribution < 1.29 is 14.3 Å². The molecule has 1 aromatic carbocycles. The van der Waals surface area contributed by atoms with Crippen LogP contribution in [0.3, 0.4) is 0 Å². The summed E-state index contributed by atoms with van der Waals surface area (Å²) in [5.41, 5.74) is 8.17. The van der Waals surface area contributed by atoms with Crippen LogP contribution in [-0.4, -0.2) is 52.9 Å². The van der Waals surface area contributed by atoms with Gasteiger partial charge in [-0.3, -0.25) is 14.8 Å². The van der Waals surface area contributed by atoms with E-state index in [-0.39, 0.29) is 11.6 Å². The fourth-order valence-corrected chi connectivity index (χ4v) is 2.87. The van der Waals surface area contributed by atoms with Crippen LogP contribution < -0.4 is 15.8 Å². The predicted octanol–water partition coefficient (Wildman–Crippen LogP) is 2.25. The molecule has 4 N–H and O–H groups in total. The monoisotopic (exact) mass is 373 g/mol. The Kier molecular flexibility index (Phi) is 5.67. The van der Waals surface area contributed by atoms with E-state index in [1.165, 1.54) is 6.20 Å². The Morgan fingerprint density at radius 1 is 1.37 bits per heavy atom. The first-order valence-corrected chi connectivity index (χ1v) is 9.04. The van der Waals surface area contributed by atoms with E-state index in [9.17, 15) is 4.79 Å². The Morgan fingerprint density at radius 2 is 2.11 bits per heavy atom. The van der Waals surface area contributed by atoms with E-state index in [0.717, 1.165) is 38.4 Å². The molecule has 0 bridgehead atoms. The Labute approximate surface area is 159 Å². The number of nitrogens with two attached hydrogens (primary N) is 1. The molecule has 2 heterocycles. The summed E-state index contributed by atoms with van der Waals surface area (Å²) in [6, 6.07) is 5.69. The number of nitrogens with one attached hydrogen (secondary N) is 2. The molecule has 3 rings (SSSR count). The molecule has 1 aliphatic heterocycles. The van der Waals surface area contributed by atoms with Crippen LogP contribution in [0.1, 0.15) is 36.8 Å². The number of hydrogen-bond donors (Lipinski definition) is 3. The van der Waals surface area contributed by atoms with Gasteiger partial charge in [0.05, 0.1) is 30.8 Å². The van der Waals surface area contributed by atoms with Crippen LogP contribution in [-0.2, 0) is 11.3 Å². The number of aromatic amines is 1. The third-order valence-corrected chi connectivity index (χ3v) is 4.12. The van der Waals surface area contributed by atoms with Crippen molar-refractivity contribution in [1.82, 2.24) is 15.1 Å². The van der Waals surface area contributed by atoms with E-state index in [4.69, 9.17) is 15.2 Å². The van der Waals surface area contributed by atoms with Gasteiger partial charge < -0.3 is 20.5 Å². The summed E-state index contributed by atoms with van der Waals surface area (Å²) in [5, 5.41) is 9.42. The fraction of sp³-hybridized carbons (Fsp3) is 0.474. The average molecular weight is 373 g/mol. The molecule has 1 saturated heterocycles. The van der Waals surface area contributed by atoms with Gasteiger partial charge in [0.2, 0.25) is 0 Å². The largest absolute Gasteiger partial charge is 0.484 e. The van der Waals surface area contributed by atoms with Crippen LogP contribution in [0.25, 0.3) is 0 Å². The van der Waals surface area contributed by atoms with Crippen molar-refractivity contribution in [3.8, 4) is 5.75 Å². The number of aromatic nitrogens is 2. The van der Waals surface area contributed by atoms with Gasteiger partial charge in [0.15, 0.2) is 11.4 Å². The Morgan fingerprint density at radius 3 is 2.78 bits per heavy atom. The first-order chi connectivity index (χ1) is 12.8. The van der Waals surface area contributed by atoms with Crippen LogP contribution in [0.15, 0.2) is 24.4 Å². The van der Waals surface area contributed by atoms with Crippen LogP contribution in [0.4, 0.5) is 11.4 Å². The lowest BCUT2D eigenvalue weighted by Crippen LogP contribution is -2.35. The number of rotatable bonds is 5. The maximum absolute atomic E-state index is 12.6. The van der Waals surface area contributed by atoms with Crippen molar-refractivity contribution >= 4 is 17.3 Å². The molecule has 1 aromatic heterocycles. The highest BCUT2D eigenvalue weighted by Gasteiger charge is 2.21. The zero-order chi connectivity index (χ0) is 19.4. The van der Waals surface area contributed by atoms with Crippen LogP contribution in [0, 0.1) is 0 Å². The first-order valence-electron chi connectivity index (χ1n) is 9.04. The van der Waals surface area contributed by atoms with Gasteiger partial charge in [0.1, 0.15) is 5.60 Å². The third kappa shape index (κ3) is 5.21. The van der Waals surface area contributed by atoms with Crippen LogP contribution in [0.5, 0.6) is 5.75 Å². The van der Waals surface area contributed by atoms with Gasteiger partial charge in [-0.15, -0.1) is 0 Å². The molecule has 1 amide bonds. The fourth-order valence-electron chi connectivity index (χ4n) is 2.87. The molecule has 0 atom stereocenters. The highest BCUT2D eigenvalue weighted by Crippen LogP contribution is 2.25. The molecule has 1 aliphatic rings. The highest BCUT2D eigenvalue weighted by molar-refractivity contribution is 6.06. The summed E-state index contributed by atoms with van der Waals surface area (Å²) in [6.45, 7) is 9.88. The van der Waals surface area contributed by atoms with E-state index in [1.54, 1.807) is 0 Å². The summed E-state index contributed by atoms with van der Waals surface area (Å²) in [5.74, 6) is 0.0573. The lowest BCUT2D eigenvalue weighted by atomic mass is 10.1. The molecule has 0 radical (unpaired) electrons. The zero-order valence-corrected chi connectivity index (χ0v) is 16.0. The minimum atomic E-state index is -0.431. The van der Waals surface area contributed by atoms with Gasteiger partial charge in [-0.1, -0.05) is 6.07 Å². The number of amides is 1. The summed E-state index contributed by atoms with van der Waals surface area (Å²) in [4.78, 5) is 14.9. The van der Waals surface area contributed by atoms with E-state index in [0.29, 0.717) is 17.1 Å². The molecular formula is C19H27N5O3. The van der Waals surface area contributed by atoms with Crippen molar-refractivity contribution in [2.24, 2.45) is 0 Å². The molecule has 146 valence electrons. The lowest BCUT2D eigenvalue weighted by Gasteiger charge is -2.26. The molecule has 0 saturated carbocycles. The summed E-state index contributed by atoms with van der Waals surface area (Å²) < 4.78 is 11.1. The summed E-state index contributed by atoms with van der Waals surface area (Å²) in [6.07, 6.45) is 1.49. The Bertz CT molecular complexity index is 791. The minimum Gasteiger partial charge on any atom is -0.484 e. The van der Waals surface area contributed by atoms with Crippen LogP contribution >= 0.6 is 0 Å². The lowest BCUT2D eigenvalue weighted by molar-refractivity contribution is 0.0342. The van der Waals surface area contributed by atoms with Crippen LogP contribution in [0.2, 0.25) is 0 Å². The summed E-state index contributed by atoms with van der Waals surface area (Å²) in [7, 11) is 0. The molecule has 2 aromatic rings. The van der Waals surface area contributed by atoms with Crippen molar-refractivity contribution in [1.29, 1.82) is 0 Å². The number of ether oxygens (including phenoxy) is 2. The second-order valence-electron chi connectivity index (χ2n) is 7.59. The number of hydrogen-bond acceptors (Lipinski definition) is 6. The second-order valence-corrected chi connectivity index (χ2v) is 7.59. The average Bonchev–Trinajstić information content (AvgIpc) is 3.04. The van der Waals surface area contributed by atoms with Crippen molar-refractivity contribution in [3.05, 3.63) is 35.7 Å². The van der Waals surface area contributed by atoms with Crippen molar-refractivity contribution in [3.63, 3.8) is 0 Å². The SMILES string of the molecule is CC(C)(C)Oc1cn[nH]c1C(=O)Nc1ccc(CN2CCOCC2)cc1N. The quantitative estimate of drug-likeness (QED) is 0.694. The maximum atomic E-state index is 12.6.